The first-order valence-electron chi connectivity index (χ1n) is 10.5. The summed E-state index contributed by atoms with van der Waals surface area (Å²) in [5, 5.41) is 4.76. The molecule has 34 heavy (non-hydrogen) atoms. The summed E-state index contributed by atoms with van der Waals surface area (Å²) in [6.07, 6.45) is 0. The van der Waals surface area contributed by atoms with Crippen molar-refractivity contribution in [2.45, 2.75) is 0 Å². The van der Waals surface area contributed by atoms with Crippen LogP contribution < -0.4 is 24.3 Å². The topological polar surface area (TPSA) is 66.0 Å². The second-order valence-electron chi connectivity index (χ2n) is 7.37. The van der Waals surface area contributed by atoms with Gasteiger partial charge in [0.2, 0.25) is 0 Å². The lowest BCUT2D eigenvalue weighted by atomic mass is 9.95. The fraction of sp³-hybridized carbons (Fsp3) is 0.148. The van der Waals surface area contributed by atoms with Crippen molar-refractivity contribution < 1.29 is 23.7 Å². The van der Waals surface area contributed by atoms with Gasteiger partial charge in [0.1, 0.15) is 0 Å². The Morgan fingerprint density at radius 3 is 2.09 bits per heavy atom. The lowest BCUT2D eigenvalue weighted by molar-refractivity contribution is 0.102. The Hall–Kier alpha value is -3.71. The smallest absolute Gasteiger partial charge is 0.260 e. The van der Waals surface area contributed by atoms with Gasteiger partial charge in [-0.15, -0.1) is 0 Å². The van der Waals surface area contributed by atoms with E-state index in [0.29, 0.717) is 38.7 Å². The number of carbonyl (C=O) groups is 1. The first-order valence-corrected chi connectivity index (χ1v) is 11.3. The average Bonchev–Trinajstić information content (AvgIpc) is 2.87. The number of hydrogen-bond donors (Lipinski definition) is 1. The second-order valence-corrected chi connectivity index (χ2v) is 8.22. The van der Waals surface area contributed by atoms with E-state index in [9.17, 15) is 4.79 Å². The molecule has 0 bridgehead atoms. The SMILES string of the molecule is COc1ccc(Br)c(C(=O)Nc2cccc3c(-c4ccccc4)c(OC)c(OC)cc23)c1OC. The summed E-state index contributed by atoms with van der Waals surface area (Å²) in [5.74, 6) is 1.66. The molecule has 0 aliphatic carbocycles. The van der Waals surface area contributed by atoms with Crippen molar-refractivity contribution in [3.63, 3.8) is 0 Å². The average molecular weight is 522 g/mol. The van der Waals surface area contributed by atoms with Gasteiger partial charge in [-0.05, 0) is 51.1 Å². The van der Waals surface area contributed by atoms with Crippen LogP contribution in [-0.2, 0) is 0 Å². The zero-order chi connectivity index (χ0) is 24.2. The number of fused-ring (bicyclic) bond motifs is 1. The van der Waals surface area contributed by atoms with Crippen LogP contribution >= 0.6 is 15.9 Å². The number of nitrogens with one attached hydrogen (secondary N) is 1. The Bertz CT molecular complexity index is 1350. The van der Waals surface area contributed by atoms with Gasteiger partial charge in [0, 0.05) is 21.1 Å². The first kappa shape index (κ1) is 23.4. The maximum absolute atomic E-state index is 13.4. The van der Waals surface area contributed by atoms with Crippen molar-refractivity contribution in [3.05, 3.63) is 76.8 Å². The van der Waals surface area contributed by atoms with Crippen LogP contribution in [0.15, 0.2) is 71.2 Å². The minimum Gasteiger partial charge on any atom is -0.493 e. The molecule has 4 aromatic carbocycles. The number of halogens is 1. The van der Waals surface area contributed by atoms with Gasteiger partial charge in [0.15, 0.2) is 23.0 Å². The number of rotatable bonds is 7. The fourth-order valence-corrected chi connectivity index (χ4v) is 4.53. The van der Waals surface area contributed by atoms with Gasteiger partial charge >= 0.3 is 0 Å². The maximum atomic E-state index is 13.4. The second kappa shape index (κ2) is 10.1. The van der Waals surface area contributed by atoms with Crippen LogP contribution in [0.25, 0.3) is 21.9 Å². The Morgan fingerprint density at radius 2 is 1.44 bits per heavy atom. The minimum absolute atomic E-state index is 0.336. The van der Waals surface area contributed by atoms with Crippen molar-refractivity contribution in [2.24, 2.45) is 0 Å². The van der Waals surface area contributed by atoms with Crippen LogP contribution in [0.4, 0.5) is 5.69 Å². The van der Waals surface area contributed by atoms with Crippen LogP contribution in [0.5, 0.6) is 23.0 Å². The molecular formula is C27H24BrNO5. The first-order chi connectivity index (χ1) is 16.5. The predicted octanol–water partition coefficient (Wildman–Crippen LogP) is 6.56. The van der Waals surface area contributed by atoms with E-state index in [1.54, 1.807) is 26.4 Å². The Kier molecular flexibility index (Phi) is 6.93. The molecule has 0 heterocycles. The Balaban J connectivity index is 1.90. The highest BCUT2D eigenvalue weighted by Crippen LogP contribution is 2.46. The molecule has 0 atom stereocenters. The lowest BCUT2D eigenvalue weighted by Crippen LogP contribution is -2.15. The van der Waals surface area contributed by atoms with Crippen molar-refractivity contribution >= 4 is 38.3 Å². The highest BCUT2D eigenvalue weighted by atomic mass is 79.9. The molecule has 0 radical (unpaired) electrons. The van der Waals surface area contributed by atoms with E-state index in [1.165, 1.54) is 14.2 Å². The highest BCUT2D eigenvalue weighted by molar-refractivity contribution is 9.10. The third kappa shape index (κ3) is 4.15. The summed E-state index contributed by atoms with van der Waals surface area (Å²) in [7, 11) is 6.25. The molecule has 1 amide bonds. The molecular weight excluding hydrogens is 498 g/mol. The van der Waals surface area contributed by atoms with Crippen LogP contribution in [0.1, 0.15) is 10.4 Å². The van der Waals surface area contributed by atoms with Gasteiger partial charge in [0.05, 0.1) is 34.0 Å². The summed E-state index contributed by atoms with van der Waals surface area (Å²) in [4.78, 5) is 13.4. The van der Waals surface area contributed by atoms with E-state index in [1.807, 2.05) is 54.6 Å². The lowest BCUT2D eigenvalue weighted by Gasteiger charge is -2.19. The van der Waals surface area contributed by atoms with Gasteiger partial charge in [0.25, 0.3) is 5.91 Å². The molecule has 174 valence electrons. The number of hydrogen-bond acceptors (Lipinski definition) is 5. The van der Waals surface area contributed by atoms with Gasteiger partial charge in [-0.25, -0.2) is 0 Å². The van der Waals surface area contributed by atoms with Gasteiger partial charge in [-0.2, -0.15) is 0 Å². The molecule has 0 unspecified atom stereocenters. The molecule has 0 aliphatic rings. The normalized spacial score (nSPS) is 10.6. The number of anilines is 1. The van der Waals surface area contributed by atoms with Crippen molar-refractivity contribution in [1.82, 2.24) is 0 Å². The van der Waals surface area contributed by atoms with Crippen molar-refractivity contribution in [3.8, 4) is 34.1 Å². The van der Waals surface area contributed by atoms with Crippen LogP contribution in [0.3, 0.4) is 0 Å². The number of amides is 1. The van der Waals surface area contributed by atoms with Crippen molar-refractivity contribution in [2.75, 3.05) is 33.8 Å². The van der Waals surface area contributed by atoms with E-state index < -0.39 is 0 Å². The maximum Gasteiger partial charge on any atom is 0.260 e. The molecule has 4 rings (SSSR count). The molecule has 7 heteroatoms. The quantitative estimate of drug-likeness (QED) is 0.298. The zero-order valence-electron chi connectivity index (χ0n) is 19.3. The van der Waals surface area contributed by atoms with Gasteiger partial charge in [-0.3, -0.25) is 4.79 Å². The molecule has 0 fully saturated rings. The van der Waals surface area contributed by atoms with Crippen LogP contribution in [-0.4, -0.2) is 34.3 Å². The van der Waals surface area contributed by atoms with Crippen molar-refractivity contribution in [1.29, 1.82) is 0 Å². The summed E-state index contributed by atoms with van der Waals surface area (Å²) in [5.41, 5.74) is 2.82. The summed E-state index contributed by atoms with van der Waals surface area (Å²) in [6, 6.07) is 21.0. The Labute approximate surface area is 206 Å². The van der Waals surface area contributed by atoms with E-state index >= 15 is 0 Å². The number of carbonyl (C=O) groups excluding carboxylic acids is 1. The molecule has 4 aromatic rings. The van der Waals surface area contributed by atoms with E-state index in [0.717, 1.165) is 21.9 Å². The highest BCUT2D eigenvalue weighted by Gasteiger charge is 2.23. The predicted molar refractivity (Wildman–Crippen MR) is 138 cm³/mol. The molecule has 0 spiro atoms. The van der Waals surface area contributed by atoms with Gasteiger partial charge in [-0.1, -0.05) is 42.5 Å². The number of methoxy groups -OCH3 is 4. The molecule has 1 N–H and O–H groups in total. The number of ether oxygens (including phenoxy) is 4. The molecule has 0 saturated heterocycles. The summed E-state index contributed by atoms with van der Waals surface area (Å²) < 4.78 is 22.8. The summed E-state index contributed by atoms with van der Waals surface area (Å²) in [6.45, 7) is 0. The monoisotopic (exact) mass is 521 g/mol. The van der Waals surface area contributed by atoms with E-state index in [4.69, 9.17) is 18.9 Å². The van der Waals surface area contributed by atoms with E-state index in [2.05, 4.69) is 21.2 Å². The largest absolute Gasteiger partial charge is 0.493 e. The fourth-order valence-electron chi connectivity index (χ4n) is 4.03. The molecule has 0 saturated carbocycles. The number of benzene rings is 4. The zero-order valence-corrected chi connectivity index (χ0v) is 20.9. The minimum atomic E-state index is -0.342. The van der Waals surface area contributed by atoms with Gasteiger partial charge < -0.3 is 24.3 Å². The molecule has 0 aliphatic heterocycles. The van der Waals surface area contributed by atoms with Crippen LogP contribution in [0, 0.1) is 0 Å². The third-order valence-corrected chi connectivity index (χ3v) is 6.22. The molecule has 6 nitrogen and oxygen atoms in total. The Morgan fingerprint density at radius 1 is 0.735 bits per heavy atom. The van der Waals surface area contributed by atoms with E-state index in [-0.39, 0.29) is 5.91 Å². The molecule has 0 aromatic heterocycles. The third-order valence-electron chi connectivity index (χ3n) is 5.56. The summed E-state index contributed by atoms with van der Waals surface area (Å²) >= 11 is 3.47. The standard InChI is InChI=1S/C27H24BrNO5/c1-31-21-14-13-19(28)24(25(21)33-3)27(30)29-20-12-8-11-17-18(20)15-22(32-2)26(34-4)23(17)16-9-6-5-7-10-16/h5-15H,1-4H3,(H,29,30). The van der Waals surface area contributed by atoms with Crippen LogP contribution in [0.2, 0.25) is 0 Å².